The van der Waals surface area contributed by atoms with Crippen molar-refractivity contribution in [3.63, 3.8) is 0 Å². The van der Waals surface area contributed by atoms with Crippen LogP contribution in [0.5, 0.6) is 11.5 Å². The van der Waals surface area contributed by atoms with Gasteiger partial charge in [-0.25, -0.2) is 9.18 Å². The number of anilines is 1. The number of aromatic nitrogens is 1. The molecule has 0 unspecified atom stereocenters. The highest BCUT2D eigenvalue weighted by atomic mass is 19.1. The number of methoxy groups -OCH3 is 1. The quantitative estimate of drug-likeness (QED) is 0.483. The first-order chi connectivity index (χ1) is 14.5. The number of amides is 2. The van der Waals surface area contributed by atoms with Crippen LogP contribution in [-0.4, -0.2) is 24.7 Å². The lowest BCUT2D eigenvalue weighted by Gasteiger charge is -2.14. The maximum absolute atomic E-state index is 12.9. The molecule has 0 atom stereocenters. The summed E-state index contributed by atoms with van der Waals surface area (Å²) in [6.07, 6.45) is 1.87. The molecule has 0 aliphatic rings. The van der Waals surface area contributed by atoms with E-state index in [4.69, 9.17) is 9.47 Å². The summed E-state index contributed by atoms with van der Waals surface area (Å²) >= 11 is 0. The predicted octanol–water partition coefficient (Wildman–Crippen LogP) is 4.18. The summed E-state index contributed by atoms with van der Waals surface area (Å²) < 4.78 is 24.2. The lowest BCUT2D eigenvalue weighted by molar-refractivity contribution is 0.251. The molecule has 1 heterocycles. The van der Waals surface area contributed by atoms with Crippen LogP contribution < -0.4 is 25.7 Å². The molecule has 8 heteroatoms. The molecule has 0 saturated carbocycles. The molecular formula is C22H24FN3O4. The van der Waals surface area contributed by atoms with E-state index in [1.807, 2.05) is 6.07 Å². The summed E-state index contributed by atoms with van der Waals surface area (Å²) in [7, 11) is 1.55. The molecule has 2 aromatic carbocycles. The number of urea groups is 1. The molecule has 0 aliphatic carbocycles. The van der Waals surface area contributed by atoms with Gasteiger partial charge in [-0.1, -0.05) is 13.3 Å². The van der Waals surface area contributed by atoms with Gasteiger partial charge in [-0.05, 0) is 48.9 Å². The van der Waals surface area contributed by atoms with Gasteiger partial charge in [0.15, 0.2) is 11.5 Å². The van der Waals surface area contributed by atoms with Gasteiger partial charge in [0, 0.05) is 23.2 Å². The smallest absolute Gasteiger partial charge is 0.319 e. The number of nitrogens with one attached hydrogen (secondary N) is 3. The average molecular weight is 413 g/mol. The van der Waals surface area contributed by atoms with Crippen LogP contribution >= 0.6 is 0 Å². The van der Waals surface area contributed by atoms with Gasteiger partial charge in [0.2, 0.25) is 0 Å². The zero-order chi connectivity index (χ0) is 21.5. The van der Waals surface area contributed by atoms with E-state index in [2.05, 4.69) is 22.5 Å². The molecule has 3 aromatic rings. The molecule has 0 aliphatic heterocycles. The number of pyridine rings is 1. The Morgan fingerprint density at radius 3 is 2.63 bits per heavy atom. The molecule has 7 nitrogen and oxygen atoms in total. The Labute approximate surface area is 173 Å². The summed E-state index contributed by atoms with van der Waals surface area (Å²) in [5.74, 6) is 0.645. The number of H-pyrrole nitrogens is 1. The van der Waals surface area contributed by atoms with Crippen LogP contribution in [-0.2, 0) is 6.54 Å². The second kappa shape index (κ2) is 9.78. The molecule has 3 N–H and O–H groups in total. The van der Waals surface area contributed by atoms with E-state index < -0.39 is 11.8 Å². The molecular weight excluding hydrogens is 389 g/mol. The number of benzene rings is 2. The topological polar surface area (TPSA) is 92.4 Å². The number of hydrogen-bond acceptors (Lipinski definition) is 4. The highest BCUT2D eigenvalue weighted by Crippen LogP contribution is 2.34. The molecule has 0 spiro atoms. The first-order valence-electron chi connectivity index (χ1n) is 9.68. The van der Waals surface area contributed by atoms with E-state index >= 15 is 0 Å². The zero-order valence-corrected chi connectivity index (χ0v) is 16.9. The third kappa shape index (κ3) is 5.08. The van der Waals surface area contributed by atoms with E-state index in [9.17, 15) is 14.0 Å². The van der Waals surface area contributed by atoms with Crippen LogP contribution in [0.2, 0.25) is 0 Å². The number of hydrogen-bond donors (Lipinski definition) is 3. The molecule has 1 aromatic heterocycles. The summed E-state index contributed by atoms with van der Waals surface area (Å²) in [6.45, 7) is 2.61. The zero-order valence-electron chi connectivity index (χ0n) is 16.9. The first kappa shape index (κ1) is 21.2. The lowest BCUT2D eigenvalue weighted by Crippen LogP contribution is -2.30. The third-order valence-corrected chi connectivity index (χ3v) is 4.52. The second-order valence-electron chi connectivity index (χ2n) is 6.70. The van der Waals surface area contributed by atoms with E-state index in [-0.39, 0.29) is 12.1 Å². The van der Waals surface area contributed by atoms with E-state index in [0.717, 1.165) is 18.2 Å². The Balaban J connectivity index is 1.76. The Bertz CT molecular complexity index is 1080. The van der Waals surface area contributed by atoms with Crippen LogP contribution in [0.25, 0.3) is 10.9 Å². The van der Waals surface area contributed by atoms with Crippen molar-refractivity contribution in [2.24, 2.45) is 0 Å². The van der Waals surface area contributed by atoms with Crippen molar-refractivity contribution in [3.05, 3.63) is 64.2 Å². The predicted molar refractivity (Wildman–Crippen MR) is 114 cm³/mol. The van der Waals surface area contributed by atoms with Crippen LogP contribution in [0, 0.1) is 5.82 Å². The van der Waals surface area contributed by atoms with Gasteiger partial charge in [-0.2, -0.15) is 0 Å². The normalized spacial score (nSPS) is 10.6. The standard InChI is InChI=1S/C22H24FN3O4/c1-3-4-11-30-20-18(29-2)10-5-14-12-15(21(27)26-19(14)20)13-24-22(28)25-17-8-6-16(23)7-9-17/h5-10,12H,3-4,11,13H2,1-2H3,(H,26,27)(H2,24,25,28). The Morgan fingerprint density at radius 2 is 1.93 bits per heavy atom. The number of unbranched alkanes of at least 4 members (excludes halogenated alkanes) is 1. The van der Waals surface area contributed by atoms with Crippen LogP contribution in [0.3, 0.4) is 0 Å². The van der Waals surface area contributed by atoms with E-state index in [0.29, 0.717) is 34.9 Å². The van der Waals surface area contributed by atoms with Crippen LogP contribution in [0.1, 0.15) is 25.3 Å². The van der Waals surface area contributed by atoms with Gasteiger partial charge in [0.25, 0.3) is 5.56 Å². The van der Waals surface area contributed by atoms with Crippen molar-refractivity contribution < 1.29 is 18.7 Å². The number of aromatic amines is 1. The molecule has 0 saturated heterocycles. The molecule has 0 radical (unpaired) electrons. The van der Waals surface area contributed by atoms with Crippen LogP contribution in [0.15, 0.2) is 47.3 Å². The van der Waals surface area contributed by atoms with Gasteiger partial charge >= 0.3 is 6.03 Å². The van der Waals surface area contributed by atoms with Gasteiger partial charge < -0.3 is 25.1 Å². The monoisotopic (exact) mass is 413 g/mol. The Kier molecular flexibility index (Phi) is 6.90. The summed E-state index contributed by atoms with van der Waals surface area (Å²) in [5, 5.41) is 5.97. The maximum atomic E-state index is 12.9. The number of halogens is 1. The number of rotatable bonds is 8. The van der Waals surface area contributed by atoms with Gasteiger partial charge in [0.1, 0.15) is 5.82 Å². The number of ether oxygens (including phenoxy) is 2. The van der Waals surface area contributed by atoms with Crippen molar-refractivity contribution in [2.45, 2.75) is 26.3 Å². The van der Waals surface area contributed by atoms with Crippen LogP contribution in [0.4, 0.5) is 14.9 Å². The van der Waals surface area contributed by atoms with Crippen molar-refractivity contribution in [1.29, 1.82) is 0 Å². The first-order valence-corrected chi connectivity index (χ1v) is 9.68. The fraction of sp³-hybridized carbons (Fsp3) is 0.273. The average Bonchev–Trinajstić information content (AvgIpc) is 2.74. The van der Waals surface area contributed by atoms with Crippen molar-refractivity contribution in [3.8, 4) is 11.5 Å². The molecule has 2 amide bonds. The minimum Gasteiger partial charge on any atom is -0.493 e. The molecule has 30 heavy (non-hydrogen) atoms. The van der Waals surface area contributed by atoms with Crippen molar-refractivity contribution >= 4 is 22.6 Å². The molecule has 0 fully saturated rings. The van der Waals surface area contributed by atoms with Crippen molar-refractivity contribution in [1.82, 2.24) is 10.3 Å². The second-order valence-corrected chi connectivity index (χ2v) is 6.70. The summed E-state index contributed by atoms with van der Waals surface area (Å²) in [6, 6.07) is 10.2. The fourth-order valence-corrected chi connectivity index (χ4v) is 2.91. The summed E-state index contributed by atoms with van der Waals surface area (Å²) in [4.78, 5) is 27.5. The van der Waals surface area contributed by atoms with Gasteiger partial charge in [0.05, 0.1) is 19.2 Å². The van der Waals surface area contributed by atoms with Gasteiger partial charge in [-0.3, -0.25) is 4.79 Å². The highest BCUT2D eigenvalue weighted by molar-refractivity contribution is 5.89. The largest absolute Gasteiger partial charge is 0.493 e. The van der Waals surface area contributed by atoms with E-state index in [1.54, 1.807) is 19.2 Å². The van der Waals surface area contributed by atoms with Crippen molar-refractivity contribution in [2.75, 3.05) is 19.0 Å². The Morgan fingerprint density at radius 1 is 1.17 bits per heavy atom. The fourth-order valence-electron chi connectivity index (χ4n) is 2.91. The molecule has 3 rings (SSSR count). The minimum atomic E-state index is -0.501. The maximum Gasteiger partial charge on any atom is 0.319 e. The SMILES string of the molecule is CCCCOc1c(OC)ccc2cc(CNC(=O)Nc3ccc(F)cc3)c(=O)[nH]c12. The van der Waals surface area contributed by atoms with Gasteiger partial charge in [-0.15, -0.1) is 0 Å². The summed E-state index contributed by atoms with van der Waals surface area (Å²) in [5.41, 5.74) is 1.05. The lowest BCUT2D eigenvalue weighted by atomic mass is 10.1. The highest BCUT2D eigenvalue weighted by Gasteiger charge is 2.13. The molecule has 0 bridgehead atoms. The Hall–Kier alpha value is -3.55. The number of carbonyl (C=O) groups excluding carboxylic acids is 1. The third-order valence-electron chi connectivity index (χ3n) is 4.52. The van der Waals surface area contributed by atoms with E-state index in [1.165, 1.54) is 24.3 Å². The molecule has 158 valence electrons. The number of carbonyl (C=O) groups is 1. The minimum absolute atomic E-state index is 0.0242. The number of fused-ring (bicyclic) bond motifs is 1.